The van der Waals surface area contributed by atoms with E-state index in [-0.39, 0.29) is 0 Å². The SMILES string of the molecule is CC1(CNc2nc3ccccc3s2)CCCS1. The molecule has 2 nitrogen and oxygen atoms in total. The first-order valence-electron chi connectivity index (χ1n) is 5.99. The summed E-state index contributed by atoms with van der Waals surface area (Å²) in [6.45, 7) is 3.38. The van der Waals surface area contributed by atoms with E-state index in [9.17, 15) is 0 Å². The Balaban J connectivity index is 1.72. The molecule has 0 radical (unpaired) electrons. The van der Waals surface area contributed by atoms with E-state index in [1.54, 1.807) is 11.3 Å². The molecule has 0 spiro atoms. The molecule has 4 heteroatoms. The van der Waals surface area contributed by atoms with Gasteiger partial charge in [0.15, 0.2) is 5.13 Å². The quantitative estimate of drug-likeness (QED) is 0.907. The normalized spacial score (nSPS) is 24.3. The van der Waals surface area contributed by atoms with E-state index in [4.69, 9.17) is 0 Å². The second-order valence-electron chi connectivity index (χ2n) is 4.74. The average molecular weight is 264 g/mol. The Bertz CT molecular complexity index is 482. The molecule has 1 aromatic heterocycles. The zero-order valence-electron chi connectivity index (χ0n) is 9.90. The highest BCUT2D eigenvalue weighted by atomic mass is 32.2. The van der Waals surface area contributed by atoms with Gasteiger partial charge in [-0.05, 0) is 37.7 Å². The Morgan fingerprint density at radius 2 is 2.29 bits per heavy atom. The first-order valence-corrected chi connectivity index (χ1v) is 7.79. The number of fused-ring (bicyclic) bond motifs is 1. The molecule has 1 saturated heterocycles. The lowest BCUT2D eigenvalue weighted by molar-refractivity contribution is 0.634. The molecule has 1 atom stereocenters. The van der Waals surface area contributed by atoms with Crippen LogP contribution in [0.4, 0.5) is 5.13 Å². The van der Waals surface area contributed by atoms with Crippen LogP contribution < -0.4 is 5.32 Å². The number of benzene rings is 1. The van der Waals surface area contributed by atoms with Crippen LogP contribution in [0.2, 0.25) is 0 Å². The molecule has 0 amide bonds. The van der Waals surface area contributed by atoms with Gasteiger partial charge in [0.05, 0.1) is 10.2 Å². The highest BCUT2D eigenvalue weighted by Crippen LogP contribution is 2.38. The summed E-state index contributed by atoms with van der Waals surface area (Å²) >= 11 is 3.83. The zero-order valence-corrected chi connectivity index (χ0v) is 11.5. The van der Waals surface area contributed by atoms with Gasteiger partial charge in [-0.15, -0.1) is 0 Å². The third-order valence-electron chi connectivity index (χ3n) is 3.21. The number of para-hydroxylation sites is 1. The molecule has 90 valence electrons. The number of nitrogens with zero attached hydrogens (tertiary/aromatic N) is 1. The fourth-order valence-corrected chi connectivity index (χ4v) is 4.29. The smallest absolute Gasteiger partial charge is 0.183 e. The summed E-state index contributed by atoms with van der Waals surface area (Å²) in [5.41, 5.74) is 1.10. The van der Waals surface area contributed by atoms with Crippen LogP contribution in [0.5, 0.6) is 0 Å². The van der Waals surface area contributed by atoms with E-state index in [1.165, 1.54) is 23.3 Å². The van der Waals surface area contributed by atoms with Crippen LogP contribution in [0.15, 0.2) is 24.3 Å². The van der Waals surface area contributed by atoms with Crippen molar-refractivity contribution in [3.05, 3.63) is 24.3 Å². The predicted octanol–water partition coefficient (Wildman–Crippen LogP) is 3.99. The molecule has 1 aliphatic rings. The first kappa shape index (κ1) is 11.4. The van der Waals surface area contributed by atoms with Crippen molar-refractivity contribution in [3.8, 4) is 0 Å². The Hall–Kier alpha value is -0.740. The third-order valence-corrected chi connectivity index (χ3v) is 5.74. The minimum absolute atomic E-state index is 0.401. The molecule has 17 heavy (non-hydrogen) atoms. The minimum atomic E-state index is 0.401. The first-order chi connectivity index (χ1) is 8.25. The van der Waals surface area contributed by atoms with E-state index in [1.807, 2.05) is 6.07 Å². The van der Waals surface area contributed by atoms with Crippen LogP contribution in [0.25, 0.3) is 10.2 Å². The van der Waals surface area contributed by atoms with Gasteiger partial charge in [0, 0.05) is 11.3 Å². The molecule has 2 aromatic rings. The number of aromatic nitrogens is 1. The lowest BCUT2D eigenvalue weighted by Gasteiger charge is -2.22. The highest BCUT2D eigenvalue weighted by Gasteiger charge is 2.29. The maximum atomic E-state index is 4.60. The largest absolute Gasteiger partial charge is 0.360 e. The van der Waals surface area contributed by atoms with Crippen LogP contribution in [0, 0.1) is 0 Å². The van der Waals surface area contributed by atoms with E-state index in [2.05, 4.69) is 47.2 Å². The molecule has 2 heterocycles. The molecule has 3 rings (SSSR count). The van der Waals surface area contributed by atoms with Crippen LogP contribution in [-0.4, -0.2) is 22.0 Å². The van der Waals surface area contributed by atoms with E-state index >= 15 is 0 Å². The van der Waals surface area contributed by atoms with Crippen molar-refractivity contribution < 1.29 is 0 Å². The van der Waals surface area contributed by atoms with Crippen LogP contribution >= 0.6 is 23.1 Å². The van der Waals surface area contributed by atoms with Crippen molar-refractivity contribution in [2.45, 2.75) is 24.5 Å². The Morgan fingerprint density at radius 1 is 1.41 bits per heavy atom. The van der Waals surface area contributed by atoms with Gasteiger partial charge in [0.2, 0.25) is 0 Å². The van der Waals surface area contributed by atoms with Gasteiger partial charge in [-0.3, -0.25) is 0 Å². The van der Waals surface area contributed by atoms with Crippen molar-refractivity contribution in [2.75, 3.05) is 17.6 Å². The number of hydrogen-bond acceptors (Lipinski definition) is 4. The Labute approximate surface area is 110 Å². The molecular weight excluding hydrogens is 248 g/mol. The van der Waals surface area contributed by atoms with Crippen molar-refractivity contribution in [2.24, 2.45) is 0 Å². The maximum Gasteiger partial charge on any atom is 0.183 e. The number of anilines is 1. The van der Waals surface area contributed by atoms with Gasteiger partial charge in [0.25, 0.3) is 0 Å². The lowest BCUT2D eigenvalue weighted by atomic mass is 10.1. The molecule has 1 aliphatic heterocycles. The van der Waals surface area contributed by atoms with E-state index in [0.717, 1.165) is 17.2 Å². The van der Waals surface area contributed by atoms with Crippen molar-refractivity contribution in [1.82, 2.24) is 4.98 Å². The fourth-order valence-electron chi connectivity index (χ4n) is 2.19. The second-order valence-corrected chi connectivity index (χ2v) is 7.46. The summed E-state index contributed by atoms with van der Waals surface area (Å²) in [5.74, 6) is 1.30. The molecule has 1 aromatic carbocycles. The molecular formula is C13H16N2S2. The van der Waals surface area contributed by atoms with Crippen molar-refractivity contribution in [3.63, 3.8) is 0 Å². The summed E-state index contributed by atoms with van der Waals surface area (Å²) < 4.78 is 1.66. The summed E-state index contributed by atoms with van der Waals surface area (Å²) in [5, 5.41) is 4.56. The number of nitrogens with one attached hydrogen (secondary N) is 1. The zero-order chi connectivity index (χ0) is 11.7. The van der Waals surface area contributed by atoms with Crippen molar-refractivity contribution >= 4 is 38.4 Å². The maximum absolute atomic E-state index is 4.60. The van der Waals surface area contributed by atoms with Gasteiger partial charge in [-0.25, -0.2) is 4.98 Å². The topological polar surface area (TPSA) is 24.9 Å². The summed E-state index contributed by atoms with van der Waals surface area (Å²) in [7, 11) is 0. The minimum Gasteiger partial charge on any atom is -0.360 e. The van der Waals surface area contributed by atoms with Gasteiger partial charge >= 0.3 is 0 Å². The molecule has 1 unspecified atom stereocenters. The molecule has 0 saturated carbocycles. The number of rotatable bonds is 3. The van der Waals surface area contributed by atoms with Crippen LogP contribution in [0.1, 0.15) is 19.8 Å². The fraction of sp³-hybridized carbons (Fsp3) is 0.462. The molecule has 0 bridgehead atoms. The highest BCUT2D eigenvalue weighted by molar-refractivity contribution is 8.00. The predicted molar refractivity (Wildman–Crippen MR) is 78.2 cm³/mol. The number of thiazole rings is 1. The molecule has 0 aliphatic carbocycles. The Kier molecular flexibility index (Phi) is 3.01. The van der Waals surface area contributed by atoms with Gasteiger partial charge in [0.1, 0.15) is 0 Å². The monoisotopic (exact) mass is 264 g/mol. The van der Waals surface area contributed by atoms with E-state index < -0.39 is 0 Å². The average Bonchev–Trinajstić information content (AvgIpc) is 2.93. The molecule has 1 fully saturated rings. The van der Waals surface area contributed by atoms with Crippen LogP contribution in [0.3, 0.4) is 0 Å². The van der Waals surface area contributed by atoms with E-state index in [0.29, 0.717) is 4.75 Å². The van der Waals surface area contributed by atoms with Gasteiger partial charge < -0.3 is 5.32 Å². The van der Waals surface area contributed by atoms with Gasteiger partial charge in [-0.2, -0.15) is 11.8 Å². The number of thioether (sulfide) groups is 1. The second kappa shape index (κ2) is 4.50. The lowest BCUT2D eigenvalue weighted by Crippen LogP contribution is -2.26. The third kappa shape index (κ3) is 2.43. The summed E-state index contributed by atoms with van der Waals surface area (Å²) in [6.07, 6.45) is 2.66. The standard InChI is InChI=1S/C13H16N2S2/c1-13(7-4-8-16-13)9-14-12-15-10-5-2-3-6-11(10)17-12/h2-3,5-6H,4,7-9H2,1H3,(H,14,15). The van der Waals surface area contributed by atoms with Crippen LogP contribution in [-0.2, 0) is 0 Å². The van der Waals surface area contributed by atoms with Crippen molar-refractivity contribution in [1.29, 1.82) is 0 Å². The Morgan fingerprint density at radius 3 is 3.06 bits per heavy atom. The summed E-state index contributed by atoms with van der Waals surface area (Å²) in [6, 6.07) is 8.31. The summed E-state index contributed by atoms with van der Waals surface area (Å²) in [4.78, 5) is 4.60. The molecule has 1 N–H and O–H groups in total. The van der Waals surface area contributed by atoms with Gasteiger partial charge in [-0.1, -0.05) is 23.5 Å². The number of hydrogen-bond donors (Lipinski definition) is 1.